The van der Waals surface area contributed by atoms with Crippen LogP contribution < -0.4 is 0 Å². The van der Waals surface area contributed by atoms with E-state index in [1.54, 1.807) is 0 Å². The fraction of sp³-hybridized carbons (Fsp3) is 0.909. The highest BCUT2D eigenvalue weighted by atomic mass is 16.4. The first-order valence-corrected chi connectivity index (χ1v) is 5.61. The molecule has 3 heteroatoms. The van der Waals surface area contributed by atoms with Crippen molar-refractivity contribution in [1.82, 2.24) is 4.90 Å². The lowest BCUT2D eigenvalue weighted by Crippen LogP contribution is -2.48. The minimum absolute atomic E-state index is 0.128. The van der Waals surface area contributed by atoms with E-state index in [2.05, 4.69) is 11.9 Å². The Morgan fingerprint density at radius 3 is 2.43 bits per heavy atom. The summed E-state index contributed by atoms with van der Waals surface area (Å²) in [4.78, 5) is 13.1. The summed E-state index contributed by atoms with van der Waals surface area (Å²) in [6.45, 7) is 0.747. The first-order chi connectivity index (χ1) is 6.68. The number of nitrogens with zero attached hydrogens (tertiary/aromatic N) is 1. The van der Waals surface area contributed by atoms with Crippen LogP contribution in [0.25, 0.3) is 0 Å². The maximum atomic E-state index is 10.8. The van der Waals surface area contributed by atoms with Gasteiger partial charge in [-0.1, -0.05) is 6.42 Å². The molecule has 1 saturated carbocycles. The van der Waals surface area contributed by atoms with E-state index in [1.165, 1.54) is 19.3 Å². The van der Waals surface area contributed by atoms with E-state index >= 15 is 0 Å². The van der Waals surface area contributed by atoms with E-state index in [9.17, 15) is 4.79 Å². The molecule has 80 valence electrons. The van der Waals surface area contributed by atoms with Crippen LogP contribution >= 0.6 is 0 Å². The second-order valence-electron chi connectivity index (χ2n) is 4.81. The summed E-state index contributed by atoms with van der Waals surface area (Å²) >= 11 is 0. The smallest absolute Gasteiger partial charge is 0.307 e. The number of carbonyl (C=O) groups is 1. The number of hydrogen-bond donors (Lipinski definition) is 1. The number of carboxylic acid groups (broad SMARTS) is 1. The summed E-state index contributed by atoms with van der Waals surface area (Å²) < 4.78 is 0. The Hall–Kier alpha value is -0.570. The molecule has 1 heterocycles. The summed E-state index contributed by atoms with van der Waals surface area (Å²) in [5.41, 5.74) is 0. The zero-order valence-electron chi connectivity index (χ0n) is 8.78. The molecule has 14 heavy (non-hydrogen) atoms. The standard InChI is InChI=1S/C11H19NO2/c1-12-7-9(11(13)14)5-6-10(12)8-3-2-4-8/h8-10H,2-7H2,1H3,(H,13,14). The van der Waals surface area contributed by atoms with Crippen LogP contribution in [0, 0.1) is 11.8 Å². The van der Waals surface area contributed by atoms with Crippen LogP contribution in [0.5, 0.6) is 0 Å². The minimum atomic E-state index is -0.621. The lowest BCUT2D eigenvalue weighted by molar-refractivity contribution is -0.144. The maximum absolute atomic E-state index is 10.8. The van der Waals surface area contributed by atoms with Crippen LogP contribution in [0.2, 0.25) is 0 Å². The Morgan fingerprint density at radius 2 is 2.00 bits per heavy atom. The van der Waals surface area contributed by atoms with E-state index in [-0.39, 0.29) is 5.92 Å². The Labute approximate surface area is 85.1 Å². The zero-order chi connectivity index (χ0) is 10.1. The highest BCUT2D eigenvalue weighted by Gasteiger charge is 2.36. The summed E-state index contributed by atoms with van der Waals surface area (Å²) in [7, 11) is 2.08. The van der Waals surface area contributed by atoms with Gasteiger partial charge in [0.15, 0.2) is 0 Å². The molecule has 1 N–H and O–H groups in total. The van der Waals surface area contributed by atoms with Gasteiger partial charge in [0.05, 0.1) is 5.92 Å². The van der Waals surface area contributed by atoms with Crippen molar-refractivity contribution >= 4 is 5.97 Å². The molecule has 1 aliphatic heterocycles. The van der Waals surface area contributed by atoms with Crippen LogP contribution in [0.3, 0.4) is 0 Å². The topological polar surface area (TPSA) is 40.5 Å². The van der Waals surface area contributed by atoms with Crippen LogP contribution in [-0.4, -0.2) is 35.6 Å². The van der Waals surface area contributed by atoms with Gasteiger partial charge in [0.2, 0.25) is 0 Å². The van der Waals surface area contributed by atoms with Crippen molar-refractivity contribution in [2.24, 2.45) is 11.8 Å². The van der Waals surface area contributed by atoms with Gasteiger partial charge in [-0.15, -0.1) is 0 Å². The highest BCUT2D eigenvalue weighted by molar-refractivity contribution is 5.70. The first kappa shape index (κ1) is 9.97. The van der Waals surface area contributed by atoms with Crippen molar-refractivity contribution in [3.63, 3.8) is 0 Å². The molecule has 2 fully saturated rings. The average Bonchev–Trinajstić information content (AvgIpc) is 2.04. The van der Waals surface area contributed by atoms with Crippen molar-refractivity contribution in [2.45, 2.75) is 38.1 Å². The van der Waals surface area contributed by atoms with E-state index in [4.69, 9.17) is 5.11 Å². The fourth-order valence-corrected chi connectivity index (χ4v) is 2.79. The molecule has 2 rings (SSSR count). The Morgan fingerprint density at radius 1 is 1.29 bits per heavy atom. The predicted molar refractivity (Wildman–Crippen MR) is 54.1 cm³/mol. The molecule has 1 saturated heterocycles. The van der Waals surface area contributed by atoms with Gasteiger partial charge < -0.3 is 10.0 Å². The molecule has 2 aliphatic rings. The Bertz CT molecular complexity index is 225. The monoisotopic (exact) mass is 197 g/mol. The van der Waals surface area contributed by atoms with Crippen LogP contribution in [0.1, 0.15) is 32.1 Å². The van der Waals surface area contributed by atoms with Gasteiger partial charge in [0.25, 0.3) is 0 Å². The summed E-state index contributed by atoms with van der Waals surface area (Å²) in [5, 5.41) is 8.93. The van der Waals surface area contributed by atoms with E-state index in [0.29, 0.717) is 6.04 Å². The van der Waals surface area contributed by atoms with Gasteiger partial charge in [-0.3, -0.25) is 4.79 Å². The largest absolute Gasteiger partial charge is 0.481 e. The third-order valence-electron chi connectivity index (χ3n) is 3.93. The summed E-state index contributed by atoms with van der Waals surface area (Å²) in [6.07, 6.45) is 6.04. The molecule has 0 aromatic carbocycles. The van der Waals surface area contributed by atoms with E-state index < -0.39 is 5.97 Å². The van der Waals surface area contributed by atoms with Gasteiger partial charge in [-0.25, -0.2) is 0 Å². The number of hydrogen-bond acceptors (Lipinski definition) is 2. The number of rotatable bonds is 2. The lowest BCUT2D eigenvalue weighted by Gasteiger charge is -2.43. The van der Waals surface area contributed by atoms with Crippen molar-refractivity contribution < 1.29 is 9.90 Å². The number of carboxylic acids is 1. The van der Waals surface area contributed by atoms with Gasteiger partial charge in [0, 0.05) is 12.6 Å². The van der Waals surface area contributed by atoms with Crippen LogP contribution in [0.15, 0.2) is 0 Å². The van der Waals surface area contributed by atoms with Gasteiger partial charge in [-0.05, 0) is 38.6 Å². The molecule has 3 nitrogen and oxygen atoms in total. The average molecular weight is 197 g/mol. The van der Waals surface area contributed by atoms with Crippen molar-refractivity contribution in [2.75, 3.05) is 13.6 Å². The molecule has 2 unspecified atom stereocenters. The van der Waals surface area contributed by atoms with Crippen molar-refractivity contribution in [3.8, 4) is 0 Å². The molecule has 0 radical (unpaired) electrons. The molecule has 0 aromatic heterocycles. The molecule has 0 aromatic rings. The third-order valence-corrected chi connectivity index (χ3v) is 3.93. The van der Waals surface area contributed by atoms with E-state index in [0.717, 1.165) is 25.3 Å². The highest BCUT2D eigenvalue weighted by Crippen LogP contribution is 2.36. The quantitative estimate of drug-likeness (QED) is 0.730. The second kappa shape index (κ2) is 3.89. The third kappa shape index (κ3) is 1.78. The van der Waals surface area contributed by atoms with Gasteiger partial charge >= 0.3 is 5.97 Å². The maximum Gasteiger partial charge on any atom is 0.307 e. The van der Waals surface area contributed by atoms with Crippen LogP contribution in [-0.2, 0) is 4.79 Å². The van der Waals surface area contributed by atoms with Gasteiger partial charge in [0.1, 0.15) is 0 Å². The Kier molecular flexibility index (Phi) is 2.77. The number of aliphatic carboxylic acids is 1. The number of piperidine rings is 1. The predicted octanol–water partition coefficient (Wildman–Crippen LogP) is 1.58. The SMILES string of the molecule is CN1CC(C(=O)O)CCC1C1CCC1. The Balaban J connectivity index is 1.89. The summed E-state index contributed by atoms with van der Waals surface area (Å²) in [5.74, 6) is 0.106. The molecule has 0 amide bonds. The van der Waals surface area contributed by atoms with Crippen molar-refractivity contribution in [1.29, 1.82) is 0 Å². The molecule has 2 atom stereocenters. The molecular formula is C11H19NO2. The van der Waals surface area contributed by atoms with E-state index in [1.807, 2.05) is 0 Å². The minimum Gasteiger partial charge on any atom is -0.481 e. The number of likely N-dealkylation sites (tertiary alicyclic amines) is 1. The lowest BCUT2D eigenvalue weighted by atomic mass is 9.75. The molecule has 1 aliphatic carbocycles. The van der Waals surface area contributed by atoms with Crippen LogP contribution in [0.4, 0.5) is 0 Å². The molecule has 0 bridgehead atoms. The second-order valence-corrected chi connectivity index (χ2v) is 4.81. The molecular weight excluding hydrogens is 178 g/mol. The molecule has 0 spiro atoms. The fourth-order valence-electron chi connectivity index (χ4n) is 2.79. The zero-order valence-corrected chi connectivity index (χ0v) is 8.78. The first-order valence-electron chi connectivity index (χ1n) is 5.61. The summed E-state index contributed by atoms with van der Waals surface area (Å²) in [6, 6.07) is 0.666. The normalized spacial score (nSPS) is 35.2. The van der Waals surface area contributed by atoms with Gasteiger partial charge in [-0.2, -0.15) is 0 Å². The van der Waals surface area contributed by atoms with Crippen molar-refractivity contribution in [3.05, 3.63) is 0 Å².